The van der Waals surface area contributed by atoms with Crippen LogP contribution in [0.1, 0.15) is 36.0 Å². The Kier molecular flexibility index (Phi) is 4.74. The molecule has 1 fully saturated rings. The van der Waals surface area contributed by atoms with Gasteiger partial charge in [-0.3, -0.25) is 4.79 Å². The van der Waals surface area contributed by atoms with Gasteiger partial charge < -0.3 is 15.8 Å². The Hall–Kier alpha value is -1.62. The molecule has 1 amide bonds. The van der Waals surface area contributed by atoms with Crippen molar-refractivity contribution in [3.05, 3.63) is 29.6 Å². The van der Waals surface area contributed by atoms with Crippen molar-refractivity contribution in [1.82, 2.24) is 5.32 Å². The third-order valence-electron chi connectivity index (χ3n) is 3.30. The minimum Gasteiger partial charge on any atom is -0.398 e. The summed E-state index contributed by atoms with van der Waals surface area (Å²) in [6.45, 7) is 0.886. The fourth-order valence-electron chi connectivity index (χ4n) is 2.27. The van der Waals surface area contributed by atoms with Crippen molar-refractivity contribution in [3.63, 3.8) is 0 Å². The van der Waals surface area contributed by atoms with Gasteiger partial charge in [0.25, 0.3) is 5.91 Å². The van der Waals surface area contributed by atoms with Gasteiger partial charge in [-0.2, -0.15) is 0 Å². The largest absolute Gasteiger partial charge is 0.398 e. The molecule has 1 aromatic rings. The Balaban J connectivity index is 1.75. The highest BCUT2D eigenvalue weighted by molar-refractivity contribution is 5.99. The van der Waals surface area contributed by atoms with Crippen LogP contribution < -0.4 is 11.1 Å². The highest BCUT2D eigenvalue weighted by Gasteiger charge is 2.15. The van der Waals surface area contributed by atoms with E-state index in [1.165, 1.54) is 25.0 Å². The summed E-state index contributed by atoms with van der Waals surface area (Å²) in [7, 11) is 0. The van der Waals surface area contributed by atoms with E-state index >= 15 is 0 Å². The monoisotopic (exact) mass is 266 g/mol. The third kappa shape index (κ3) is 3.92. The van der Waals surface area contributed by atoms with Gasteiger partial charge in [0.05, 0.1) is 18.3 Å². The molecule has 1 saturated carbocycles. The van der Waals surface area contributed by atoms with E-state index in [4.69, 9.17) is 10.5 Å². The summed E-state index contributed by atoms with van der Waals surface area (Å²) < 4.78 is 18.7. The van der Waals surface area contributed by atoms with Crippen LogP contribution in [-0.2, 0) is 4.74 Å². The van der Waals surface area contributed by atoms with E-state index in [2.05, 4.69) is 5.32 Å². The Morgan fingerprint density at radius 1 is 1.42 bits per heavy atom. The number of hydrogen-bond acceptors (Lipinski definition) is 3. The molecule has 4 nitrogen and oxygen atoms in total. The molecule has 0 bridgehead atoms. The standard InChI is InChI=1S/C14H19FN2O2/c15-10-5-6-13(16)12(9-10)14(18)17-7-8-19-11-3-1-2-4-11/h5-6,9,11H,1-4,7-8,16H2,(H,17,18). The quantitative estimate of drug-likeness (QED) is 0.633. The lowest BCUT2D eigenvalue weighted by Gasteiger charge is -2.12. The average molecular weight is 266 g/mol. The van der Waals surface area contributed by atoms with Crippen LogP contribution in [0.2, 0.25) is 0 Å². The Morgan fingerprint density at radius 2 is 2.16 bits per heavy atom. The van der Waals surface area contributed by atoms with Crippen molar-refractivity contribution in [2.24, 2.45) is 0 Å². The smallest absolute Gasteiger partial charge is 0.253 e. The van der Waals surface area contributed by atoms with E-state index in [9.17, 15) is 9.18 Å². The topological polar surface area (TPSA) is 64.4 Å². The first-order chi connectivity index (χ1) is 9.16. The highest BCUT2D eigenvalue weighted by Crippen LogP contribution is 2.20. The van der Waals surface area contributed by atoms with E-state index in [0.29, 0.717) is 19.3 Å². The maximum Gasteiger partial charge on any atom is 0.253 e. The molecule has 2 rings (SSSR count). The predicted molar refractivity (Wildman–Crippen MR) is 71.4 cm³/mol. The molecule has 5 heteroatoms. The van der Waals surface area contributed by atoms with Gasteiger partial charge in [0, 0.05) is 12.2 Å². The molecule has 1 aliphatic rings. The average Bonchev–Trinajstić information content (AvgIpc) is 2.90. The summed E-state index contributed by atoms with van der Waals surface area (Å²) in [5, 5.41) is 2.68. The van der Waals surface area contributed by atoms with Crippen LogP contribution in [-0.4, -0.2) is 25.2 Å². The molecule has 3 N–H and O–H groups in total. The van der Waals surface area contributed by atoms with Gasteiger partial charge in [0.2, 0.25) is 0 Å². The molecule has 0 radical (unpaired) electrons. The number of hydrogen-bond donors (Lipinski definition) is 2. The van der Waals surface area contributed by atoms with E-state index in [-0.39, 0.29) is 17.2 Å². The first-order valence-corrected chi connectivity index (χ1v) is 6.61. The first-order valence-electron chi connectivity index (χ1n) is 6.61. The number of rotatable bonds is 5. The number of nitrogens with two attached hydrogens (primary N) is 1. The van der Waals surface area contributed by atoms with Gasteiger partial charge in [-0.15, -0.1) is 0 Å². The van der Waals surface area contributed by atoms with Crippen LogP contribution in [0, 0.1) is 5.82 Å². The number of anilines is 1. The number of amides is 1. The zero-order valence-electron chi connectivity index (χ0n) is 10.8. The molecule has 0 heterocycles. The molecule has 1 aliphatic carbocycles. The summed E-state index contributed by atoms with van der Waals surface area (Å²) in [5.74, 6) is -0.839. The molecular formula is C14H19FN2O2. The number of carbonyl (C=O) groups is 1. The molecular weight excluding hydrogens is 247 g/mol. The Labute approximate surface area is 112 Å². The molecule has 19 heavy (non-hydrogen) atoms. The van der Waals surface area contributed by atoms with Crippen LogP contribution in [0.3, 0.4) is 0 Å². The maximum atomic E-state index is 13.0. The van der Waals surface area contributed by atoms with Crippen LogP contribution in [0.15, 0.2) is 18.2 Å². The lowest BCUT2D eigenvalue weighted by Crippen LogP contribution is -2.29. The van der Waals surface area contributed by atoms with Gasteiger partial charge in [-0.05, 0) is 31.0 Å². The molecule has 0 unspecified atom stereocenters. The molecule has 0 atom stereocenters. The van der Waals surface area contributed by atoms with E-state index in [1.807, 2.05) is 0 Å². The summed E-state index contributed by atoms with van der Waals surface area (Å²) in [6.07, 6.45) is 4.97. The van der Waals surface area contributed by atoms with Gasteiger partial charge in [-0.25, -0.2) is 4.39 Å². The molecule has 0 spiro atoms. The second-order valence-electron chi connectivity index (χ2n) is 4.76. The lowest BCUT2D eigenvalue weighted by atomic mass is 10.1. The fourth-order valence-corrected chi connectivity index (χ4v) is 2.27. The maximum absolute atomic E-state index is 13.0. The third-order valence-corrected chi connectivity index (χ3v) is 3.30. The van der Waals surface area contributed by atoms with Crippen molar-refractivity contribution in [3.8, 4) is 0 Å². The molecule has 0 saturated heterocycles. The second-order valence-corrected chi connectivity index (χ2v) is 4.76. The number of ether oxygens (including phenoxy) is 1. The number of carbonyl (C=O) groups excluding carboxylic acids is 1. The summed E-state index contributed by atoms with van der Waals surface area (Å²) >= 11 is 0. The van der Waals surface area contributed by atoms with Gasteiger partial charge in [0.15, 0.2) is 0 Å². The van der Waals surface area contributed by atoms with E-state index in [1.54, 1.807) is 0 Å². The minimum absolute atomic E-state index is 0.167. The van der Waals surface area contributed by atoms with Crippen molar-refractivity contribution in [1.29, 1.82) is 0 Å². The SMILES string of the molecule is Nc1ccc(F)cc1C(=O)NCCOC1CCCC1. The molecule has 0 aliphatic heterocycles. The normalized spacial score (nSPS) is 15.6. The summed E-state index contributed by atoms with van der Waals surface area (Å²) in [5.41, 5.74) is 6.08. The van der Waals surface area contributed by atoms with Crippen molar-refractivity contribution >= 4 is 11.6 Å². The Bertz CT molecular complexity index is 445. The van der Waals surface area contributed by atoms with Crippen LogP contribution in [0.4, 0.5) is 10.1 Å². The zero-order valence-corrected chi connectivity index (χ0v) is 10.8. The Morgan fingerprint density at radius 3 is 2.89 bits per heavy atom. The summed E-state index contributed by atoms with van der Waals surface area (Å²) in [6, 6.07) is 3.76. The van der Waals surface area contributed by atoms with Crippen molar-refractivity contribution in [2.75, 3.05) is 18.9 Å². The number of benzene rings is 1. The molecule has 1 aromatic carbocycles. The van der Waals surface area contributed by atoms with E-state index in [0.717, 1.165) is 18.9 Å². The summed E-state index contributed by atoms with van der Waals surface area (Å²) in [4.78, 5) is 11.8. The van der Waals surface area contributed by atoms with Crippen LogP contribution in [0.5, 0.6) is 0 Å². The lowest BCUT2D eigenvalue weighted by molar-refractivity contribution is 0.0582. The number of nitrogen functional groups attached to an aromatic ring is 1. The van der Waals surface area contributed by atoms with Crippen LogP contribution >= 0.6 is 0 Å². The second kappa shape index (κ2) is 6.52. The van der Waals surface area contributed by atoms with Gasteiger partial charge in [0.1, 0.15) is 5.82 Å². The van der Waals surface area contributed by atoms with Gasteiger partial charge in [-0.1, -0.05) is 12.8 Å². The highest BCUT2D eigenvalue weighted by atomic mass is 19.1. The van der Waals surface area contributed by atoms with Crippen molar-refractivity contribution < 1.29 is 13.9 Å². The van der Waals surface area contributed by atoms with Gasteiger partial charge >= 0.3 is 0 Å². The first kappa shape index (κ1) is 13.8. The number of nitrogens with one attached hydrogen (secondary N) is 1. The predicted octanol–water partition coefficient (Wildman–Crippen LogP) is 2.10. The minimum atomic E-state index is -0.471. The number of halogens is 1. The van der Waals surface area contributed by atoms with Crippen LogP contribution in [0.25, 0.3) is 0 Å². The van der Waals surface area contributed by atoms with Crippen molar-refractivity contribution in [2.45, 2.75) is 31.8 Å². The molecule has 104 valence electrons. The zero-order chi connectivity index (χ0) is 13.7. The van der Waals surface area contributed by atoms with E-state index < -0.39 is 5.82 Å². The fraction of sp³-hybridized carbons (Fsp3) is 0.500. The molecule has 0 aromatic heterocycles.